The van der Waals surface area contributed by atoms with Gasteiger partial charge in [-0.15, -0.1) is 0 Å². The second-order valence-corrected chi connectivity index (χ2v) is 5.77. The normalized spacial score (nSPS) is 10.3. The number of amides is 1. The van der Waals surface area contributed by atoms with E-state index in [0.29, 0.717) is 32.0 Å². The van der Waals surface area contributed by atoms with Crippen molar-refractivity contribution < 1.29 is 9.18 Å². The molecule has 0 atom stereocenters. The Morgan fingerprint density at radius 1 is 1.24 bits per heavy atom. The Hall–Kier alpha value is -1.59. The number of carbonyl (C=O) groups is 1. The summed E-state index contributed by atoms with van der Waals surface area (Å²) in [7, 11) is 1.72. The minimum absolute atomic E-state index is 0.295. The quantitative estimate of drug-likeness (QED) is 0.810. The molecule has 0 saturated carbocycles. The van der Waals surface area contributed by atoms with E-state index in [0.717, 1.165) is 0 Å². The lowest BCUT2D eigenvalue weighted by molar-refractivity contribution is 0.102. The Morgan fingerprint density at radius 3 is 2.62 bits per heavy atom. The predicted molar refractivity (Wildman–Crippen MR) is 87.8 cm³/mol. The number of rotatable bonds is 3. The van der Waals surface area contributed by atoms with Crippen molar-refractivity contribution in [1.29, 1.82) is 0 Å². The summed E-state index contributed by atoms with van der Waals surface area (Å²) in [5, 5.41) is 6.17. The van der Waals surface area contributed by atoms with E-state index < -0.39 is 0 Å². The largest absolute Gasteiger partial charge is 0.387 e. The van der Waals surface area contributed by atoms with Crippen molar-refractivity contribution in [2.45, 2.75) is 6.92 Å². The summed E-state index contributed by atoms with van der Waals surface area (Å²) in [6.07, 6.45) is 0. The first-order valence-electron chi connectivity index (χ1n) is 6.16. The summed E-state index contributed by atoms with van der Waals surface area (Å²) in [4.78, 5) is 12.4. The third-order valence-corrected chi connectivity index (χ3v) is 3.85. The van der Waals surface area contributed by atoms with Crippen molar-refractivity contribution in [3.8, 4) is 0 Å². The van der Waals surface area contributed by atoms with Gasteiger partial charge in [-0.05, 0) is 58.7 Å². The Balaban J connectivity index is 2.34. The van der Waals surface area contributed by atoms with E-state index in [1.54, 1.807) is 32.2 Å². The van der Waals surface area contributed by atoms with Crippen molar-refractivity contribution in [2.75, 3.05) is 17.7 Å². The lowest BCUT2D eigenvalue weighted by Crippen LogP contribution is -2.15. The minimum atomic E-state index is -0.371. The van der Waals surface area contributed by atoms with Gasteiger partial charge in [0.05, 0.1) is 10.0 Å². The smallest absolute Gasteiger partial charge is 0.257 e. The maximum atomic E-state index is 13.4. The summed E-state index contributed by atoms with van der Waals surface area (Å²) in [6.45, 7) is 1.72. The Labute approximate surface area is 135 Å². The number of aryl methyl sites for hydroxylation is 1. The molecule has 2 N–H and O–H groups in total. The van der Waals surface area contributed by atoms with Gasteiger partial charge >= 0.3 is 0 Å². The van der Waals surface area contributed by atoms with Crippen LogP contribution in [0.25, 0.3) is 0 Å². The molecule has 0 radical (unpaired) electrons. The van der Waals surface area contributed by atoms with Crippen LogP contribution in [0.2, 0.25) is 5.02 Å². The van der Waals surface area contributed by atoms with Crippen molar-refractivity contribution in [3.05, 3.63) is 56.8 Å². The van der Waals surface area contributed by atoms with E-state index in [4.69, 9.17) is 11.6 Å². The van der Waals surface area contributed by atoms with Crippen LogP contribution in [0, 0.1) is 12.7 Å². The molecule has 1 amide bonds. The number of anilines is 2. The van der Waals surface area contributed by atoms with Gasteiger partial charge in [0, 0.05) is 23.4 Å². The summed E-state index contributed by atoms with van der Waals surface area (Å²) in [5.74, 6) is -0.687. The van der Waals surface area contributed by atoms with Crippen LogP contribution in [0.15, 0.2) is 34.8 Å². The van der Waals surface area contributed by atoms with Crippen LogP contribution in [-0.4, -0.2) is 13.0 Å². The first kappa shape index (κ1) is 15.8. The molecule has 21 heavy (non-hydrogen) atoms. The van der Waals surface area contributed by atoms with Crippen LogP contribution in [-0.2, 0) is 0 Å². The van der Waals surface area contributed by atoms with Crippen molar-refractivity contribution >= 4 is 44.8 Å². The zero-order valence-corrected chi connectivity index (χ0v) is 13.8. The van der Waals surface area contributed by atoms with Gasteiger partial charge < -0.3 is 10.6 Å². The first-order valence-corrected chi connectivity index (χ1v) is 7.33. The molecule has 0 saturated heterocycles. The van der Waals surface area contributed by atoms with Gasteiger partial charge in [-0.1, -0.05) is 11.6 Å². The highest BCUT2D eigenvalue weighted by Crippen LogP contribution is 2.26. The summed E-state index contributed by atoms with van der Waals surface area (Å²) < 4.78 is 13.7. The molecule has 2 rings (SSSR count). The second-order valence-electron chi connectivity index (χ2n) is 4.48. The predicted octanol–water partition coefficient (Wildman–Crippen LogP) is 4.84. The molecule has 0 aliphatic rings. The molecule has 0 unspecified atom stereocenters. The third-order valence-electron chi connectivity index (χ3n) is 3.01. The number of carbonyl (C=O) groups excluding carboxylic acids is 1. The van der Waals surface area contributed by atoms with Crippen molar-refractivity contribution in [2.24, 2.45) is 0 Å². The summed E-state index contributed by atoms with van der Waals surface area (Å²) in [6, 6.07) is 7.90. The molecule has 2 aromatic rings. The highest BCUT2D eigenvalue weighted by Gasteiger charge is 2.14. The number of benzene rings is 2. The van der Waals surface area contributed by atoms with Crippen LogP contribution in [0.4, 0.5) is 15.8 Å². The molecule has 110 valence electrons. The van der Waals surface area contributed by atoms with E-state index in [2.05, 4.69) is 26.6 Å². The van der Waals surface area contributed by atoms with Crippen LogP contribution >= 0.6 is 27.5 Å². The molecule has 0 aromatic heterocycles. The zero-order valence-electron chi connectivity index (χ0n) is 11.4. The molecule has 0 fully saturated rings. The average Bonchev–Trinajstić information content (AvgIpc) is 2.44. The monoisotopic (exact) mass is 370 g/mol. The first-order chi connectivity index (χ1) is 9.92. The second kappa shape index (κ2) is 6.45. The Bertz CT molecular complexity index is 706. The maximum absolute atomic E-state index is 13.4. The number of halogens is 3. The molecule has 0 spiro atoms. The van der Waals surface area contributed by atoms with E-state index in [9.17, 15) is 9.18 Å². The lowest BCUT2D eigenvalue weighted by atomic mass is 10.1. The van der Waals surface area contributed by atoms with Crippen LogP contribution in [0.3, 0.4) is 0 Å². The number of nitrogens with one attached hydrogen (secondary N) is 2. The molecule has 0 bridgehead atoms. The van der Waals surface area contributed by atoms with Crippen LogP contribution in [0.1, 0.15) is 15.9 Å². The average molecular weight is 372 g/mol. The van der Waals surface area contributed by atoms with Gasteiger partial charge in [0.2, 0.25) is 0 Å². The standard InChI is InChI=1S/C15H13BrClFN2O/c1-8-5-12(18)11(16)7-14(8)20-15(21)10-6-9(17)3-4-13(10)19-2/h3-7,19H,1-2H3,(H,20,21). The Morgan fingerprint density at radius 2 is 1.95 bits per heavy atom. The van der Waals surface area contributed by atoms with E-state index in [1.165, 1.54) is 12.1 Å². The molecule has 2 aromatic carbocycles. The fourth-order valence-electron chi connectivity index (χ4n) is 1.89. The maximum Gasteiger partial charge on any atom is 0.257 e. The zero-order chi connectivity index (χ0) is 15.6. The summed E-state index contributed by atoms with van der Waals surface area (Å²) >= 11 is 9.04. The van der Waals surface area contributed by atoms with E-state index in [-0.39, 0.29) is 11.7 Å². The molecule has 3 nitrogen and oxygen atoms in total. The van der Waals surface area contributed by atoms with Crippen LogP contribution in [0.5, 0.6) is 0 Å². The van der Waals surface area contributed by atoms with E-state index in [1.807, 2.05) is 0 Å². The highest BCUT2D eigenvalue weighted by molar-refractivity contribution is 9.10. The fourth-order valence-corrected chi connectivity index (χ4v) is 2.41. The van der Waals surface area contributed by atoms with Gasteiger partial charge in [-0.3, -0.25) is 4.79 Å². The van der Waals surface area contributed by atoms with Crippen molar-refractivity contribution in [1.82, 2.24) is 0 Å². The molecule has 6 heteroatoms. The number of hydrogen-bond donors (Lipinski definition) is 2. The van der Waals surface area contributed by atoms with E-state index >= 15 is 0 Å². The molecule has 0 aliphatic carbocycles. The minimum Gasteiger partial charge on any atom is -0.387 e. The lowest BCUT2D eigenvalue weighted by Gasteiger charge is -2.12. The molecule has 0 aliphatic heterocycles. The highest BCUT2D eigenvalue weighted by atomic mass is 79.9. The van der Waals surface area contributed by atoms with Gasteiger partial charge in [0.1, 0.15) is 5.82 Å². The number of hydrogen-bond acceptors (Lipinski definition) is 2. The van der Waals surface area contributed by atoms with Gasteiger partial charge in [-0.2, -0.15) is 0 Å². The SMILES string of the molecule is CNc1ccc(Cl)cc1C(=O)Nc1cc(Br)c(F)cc1C. The fraction of sp³-hybridized carbons (Fsp3) is 0.133. The third kappa shape index (κ3) is 3.54. The van der Waals surface area contributed by atoms with Gasteiger partial charge in [0.25, 0.3) is 5.91 Å². The van der Waals surface area contributed by atoms with Crippen molar-refractivity contribution in [3.63, 3.8) is 0 Å². The van der Waals surface area contributed by atoms with Crippen LogP contribution < -0.4 is 10.6 Å². The van der Waals surface area contributed by atoms with Gasteiger partial charge in [-0.25, -0.2) is 4.39 Å². The summed E-state index contributed by atoms with van der Waals surface area (Å²) in [5.41, 5.74) is 2.26. The molecule has 0 heterocycles. The molecular formula is C15H13BrClFN2O. The molecular weight excluding hydrogens is 359 g/mol. The van der Waals surface area contributed by atoms with Gasteiger partial charge in [0.15, 0.2) is 0 Å². The topological polar surface area (TPSA) is 41.1 Å². The Kier molecular flexibility index (Phi) is 4.85.